The van der Waals surface area contributed by atoms with Gasteiger partial charge >= 0.3 is 0 Å². The third-order valence-corrected chi connectivity index (χ3v) is 3.06. The van der Waals surface area contributed by atoms with Crippen LogP contribution in [0.15, 0.2) is 24.3 Å². The van der Waals surface area contributed by atoms with E-state index in [1.165, 1.54) is 12.1 Å². The Kier molecular flexibility index (Phi) is 2.47. The molecule has 0 spiro atoms. The second-order valence-corrected chi connectivity index (χ2v) is 4.63. The van der Waals surface area contributed by atoms with Crippen LogP contribution < -0.4 is 5.73 Å². The minimum Gasteiger partial charge on any atom is -0.325 e. The van der Waals surface area contributed by atoms with Crippen LogP contribution in [0.25, 0.3) is 0 Å². The molecule has 1 aliphatic carbocycles. The molecule has 0 aromatic heterocycles. The van der Waals surface area contributed by atoms with E-state index >= 15 is 0 Å². The third kappa shape index (κ3) is 2.29. The first-order valence-corrected chi connectivity index (χ1v) is 5.23. The molecule has 2 rings (SSSR count). The zero-order valence-corrected chi connectivity index (χ0v) is 8.90. The molecule has 0 unspecified atom stereocenters. The van der Waals surface area contributed by atoms with E-state index in [2.05, 4.69) is 0 Å². The largest absolute Gasteiger partial charge is 0.325 e. The van der Waals surface area contributed by atoms with Gasteiger partial charge in [0.25, 0.3) is 5.92 Å². The van der Waals surface area contributed by atoms with Crippen molar-refractivity contribution in [1.29, 1.82) is 0 Å². The van der Waals surface area contributed by atoms with Gasteiger partial charge in [0.1, 0.15) is 0 Å². The fraction of sp³-hybridized carbons (Fsp3) is 0.455. The summed E-state index contributed by atoms with van der Waals surface area (Å²) in [4.78, 5) is 0. The van der Waals surface area contributed by atoms with Crippen molar-refractivity contribution in [2.45, 2.75) is 30.7 Å². The van der Waals surface area contributed by atoms with Gasteiger partial charge in [-0.15, -0.1) is 0 Å². The van der Waals surface area contributed by atoms with Crippen molar-refractivity contribution in [3.63, 3.8) is 0 Å². The smallest absolute Gasteiger partial charge is 0.276 e. The van der Waals surface area contributed by atoms with Crippen LogP contribution in [0.5, 0.6) is 0 Å². The highest BCUT2D eigenvalue weighted by Crippen LogP contribution is 2.46. The van der Waals surface area contributed by atoms with E-state index in [0.29, 0.717) is 12.8 Å². The van der Waals surface area contributed by atoms with E-state index in [1.54, 1.807) is 12.1 Å². The van der Waals surface area contributed by atoms with Crippen molar-refractivity contribution in [3.8, 4) is 0 Å². The number of hydrogen-bond acceptors (Lipinski definition) is 1. The SMILES string of the molecule is NC1(CC(F)(F)c2ccccc2Cl)CC1. The zero-order valence-electron chi connectivity index (χ0n) is 8.14. The Morgan fingerprint density at radius 2 is 1.93 bits per heavy atom. The maximum atomic E-state index is 13.8. The van der Waals surface area contributed by atoms with Crippen LogP contribution in [-0.4, -0.2) is 5.54 Å². The lowest BCUT2D eigenvalue weighted by Crippen LogP contribution is -2.30. The van der Waals surface area contributed by atoms with E-state index in [0.717, 1.165) is 0 Å². The molecule has 82 valence electrons. The van der Waals surface area contributed by atoms with E-state index < -0.39 is 11.5 Å². The predicted molar refractivity (Wildman–Crippen MR) is 56.1 cm³/mol. The van der Waals surface area contributed by atoms with Crippen LogP contribution in [0.2, 0.25) is 5.02 Å². The number of nitrogens with two attached hydrogens (primary N) is 1. The summed E-state index contributed by atoms with van der Waals surface area (Å²) < 4.78 is 27.6. The van der Waals surface area contributed by atoms with Crippen LogP contribution >= 0.6 is 11.6 Å². The van der Waals surface area contributed by atoms with E-state index in [9.17, 15) is 8.78 Å². The van der Waals surface area contributed by atoms with Gasteiger partial charge in [-0.2, -0.15) is 0 Å². The molecule has 4 heteroatoms. The highest BCUT2D eigenvalue weighted by molar-refractivity contribution is 6.31. The minimum atomic E-state index is -2.93. The van der Waals surface area contributed by atoms with Crippen LogP contribution in [0.3, 0.4) is 0 Å². The summed E-state index contributed by atoms with van der Waals surface area (Å²) in [7, 11) is 0. The van der Waals surface area contributed by atoms with Crippen molar-refractivity contribution in [3.05, 3.63) is 34.9 Å². The van der Waals surface area contributed by atoms with Gasteiger partial charge in [0, 0.05) is 22.5 Å². The average Bonchev–Trinajstić information content (AvgIpc) is 2.82. The lowest BCUT2D eigenvalue weighted by atomic mass is 10.00. The second-order valence-electron chi connectivity index (χ2n) is 4.22. The maximum Gasteiger partial charge on any atom is 0.276 e. The lowest BCUT2D eigenvalue weighted by molar-refractivity contribution is -0.0222. The molecule has 1 nitrogen and oxygen atoms in total. The highest BCUT2D eigenvalue weighted by atomic mass is 35.5. The van der Waals surface area contributed by atoms with Crippen molar-refractivity contribution in [1.82, 2.24) is 0 Å². The minimum absolute atomic E-state index is 0.103. The number of halogens is 3. The quantitative estimate of drug-likeness (QED) is 0.849. The molecule has 2 N–H and O–H groups in total. The average molecular weight is 232 g/mol. The fourth-order valence-electron chi connectivity index (χ4n) is 1.63. The monoisotopic (exact) mass is 231 g/mol. The van der Waals surface area contributed by atoms with Crippen LogP contribution in [0, 0.1) is 0 Å². The van der Waals surface area contributed by atoms with Gasteiger partial charge in [-0.3, -0.25) is 0 Å². The Morgan fingerprint density at radius 3 is 2.47 bits per heavy atom. The molecule has 1 aliphatic rings. The van der Waals surface area contributed by atoms with Crippen LogP contribution in [0.1, 0.15) is 24.8 Å². The first-order valence-electron chi connectivity index (χ1n) is 4.85. The molecule has 0 atom stereocenters. The van der Waals surface area contributed by atoms with Gasteiger partial charge in [0.05, 0.1) is 0 Å². The molecule has 1 aromatic carbocycles. The predicted octanol–water partition coefficient (Wildman–Crippen LogP) is 3.31. The number of benzene rings is 1. The Hall–Kier alpha value is -0.670. The van der Waals surface area contributed by atoms with Crippen LogP contribution in [-0.2, 0) is 5.92 Å². The lowest BCUT2D eigenvalue weighted by Gasteiger charge is -2.21. The molecular formula is C11H12ClF2N. The van der Waals surface area contributed by atoms with E-state index in [4.69, 9.17) is 17.3 Å². The summed E-state index contributed by atoms with van der Waals surface area (Å²) in [5, 5.41) is 0.103. The van der Waals surface area contributed by atoms with Crippen molar-refractivity contribution >= 4 is 11.6 Å². The first-order chi connectivity index (χ1) is 6.93. The van der Waals surface area contributed by atoms with Gasteiger partial charge in [0.15, 0.2) is 0 Å². The topological polar surface area (TPSA) is 26.0 Å². The Morgan fingerprint density at radius 1 is 1.33 bits per heavy atom. The standard InChI is InChI=1S/C11H12ClF2N/c12-9-4-2-1-3-8(9)11(13,14)7-10(15)5-6-10/h1-4H,5-7,15H2. The molecule has 15 heavy (non-hydrogen) atoms. The Balaban J connectivity index is 2.24. The highest BCUT2D eigenvalue weighted by Gasteiger charge is 2.48. The summed E-state index contributed by atoms with van der Waals surface area (Å²) in [5.41, 5.74) is 4.90. The van der Waals surface area contributed by atoms with E-state index in [-0.39, 0.29) is 17.0 Å². The molecule has 1 aromatic rings. The number of rotatable bonds is 3. The first kappa shape index (κ1) is 10.8. The molecule has 0 amide bonds. The molecule has 0 radical (unpaired) electrons. The van der Waals surface area contributed by atoms with Gasteiger partial charge < -0.3 is 5.73 Å². The van der Waals surface area contributed by atoms with Gasteiger partial charge in [0.2, 0.25) is 0 Å². The molecule has 1 fully saturated rings. The summed E-state index contributed by atoms with van der Waals surface area (Å²) in [6.07, 6.45) is 1.03. The molecule has 0 heterocycles. The summed E-state index contributed by atoms with van der Waals surface area (Å²) >= 11 is 5.74. The van der Waals surface area contributed by atoms with Crippen LogP contribution in [0.4, 0.5) is 8.78 Å². The maximum absolute atomic E-state index is 13.8. The van der Waals surface area contributed by atoms with Crippen molar-refractivity contribution in [2.24, 2.45) is 5.73 Å². The summed E-state index contributed by atoms with van der Waals surface area (Å²) in [5.74, 6) is -2.93. The summed E-state index contributed by atoms with van der Waals surface area (Å²) in [6, 6.07) is 6.03. The van der Waals surface area contributed by atoms with E-state index in [1.807, 2.05) is 0 Å². The van der Waals surface area contributed by atoms with Crippen molar-refractivity contribution < 1.29 is 8.78 Å². The Labute approximate surface area is 92.2 Å². The molecular weight excluding hydrogens is 220 g/mol. The zero-order chi connectivity index (χ0) is 11.1. The van der Waals surface area contributed by atoms with Gasteiger partial charge in [-0.05, 0) is 18.9 Å². The molecule has 1 saturated carbocycles. The van der Waals surface area contributed by atoms with Gasteiger partial charge in [-0.25, -0.2) is 8.78 Å². The number of alkyl halides is 2. The van der Waals surface area contributed by atoms with Gasteiger partial charge in [-0.1, -0.05) is 29.8 Å². The summed E-state index contributed by atoms with van der Waals surface area (Å²) in [6.45, 7) is 0. The normalized spacial score (nSPS) is 18.9. The fourth-order valence-corrected chi connectivity index (χ4v) is 1.91. The third-order valence-electron chi connectivity index (χ3n) is 2.73. The molecule has 0 saturated heterocycles. The number of hydrogen-bond donors (Lipinski definition) is 1. The molecule has 0 bridgehead atoms. The Bertz CT molecular complexity index is 375. The second kappa shape index (κ2) is 3.42. The molecule has 0 aliphatic heterocycles. The van der Waals surface area contributed by atoms with Crippen molar-refractivity contribution in [2.75, 3.05) is 0 Å².